The quantitative estimate of drug-likeness (QED) is 0.579. The number of primary sulfonamides is 1. The number of rotatable bonds is 7. The van der Waals surface area contributed by atoms with Crippen LogP contribution in [0.2, 0.25) is 0 Å². The van der Waals surface area contributed by atoms with Crippen molar-refractivity contribution in [3.8, 4) is 0 Å². The van der Waals surface area contributed by atoms with Crippen molar-refractivity contribution in [2.24, 2.45) is 5.14 Å². The second kappa shape index (κ2) is 8.15. The molecule has 0 saturated carbocycles. The molecular weight excluding hydrogens is 362 g/mol. The lowest BCUT2D eigenvalue weighted by Gasteiger charge is -2.09. The molecule has 7 nitrogen and oxygen atoms in total. The van der Waals surface area contributed by atoms with Crippen molar-refractivity contribution in [3.63, 3.8) is 0 Å². The molecule has 0 aliphatic rings. The van der Waals surface area contributed by atoms with Gasteiger partial charge in [0.15, 0.2) is 0 Å². The summed E-state index contributed by atoms with van der Waals surface area (Å²) in [6.45, 7) is 2.65. The van der Waals surface area contributed by atoms with E-state index in [0.717, 1.165) is 11.3 Å². The van der Waals surface area contributed by atoms with Crippen LogP contribution >= 0.6 is 0 Å². The van der Waals surface area contributed by atoms with E-state index in [2.05, 4.69) is 20.6 Å². The van der Waals surface area contributed by atoms with E-state index >= 15 is 0 Å². The van der Waals surface area contributed by atoms with E-state index in [4.69, 9.17) is 5.14 Å². The van der Waals surface area contributed by atoms with Gasteiger partial charge in [0, 0.05) is 18.4 Å². The van der Waals surface area contributed by atoms with Gasteiger partial charge in [-0.15, -0.1) is 0 Å². The number of hydrogen-bond donors (Lipinski definition) is 3. The number of sulfonamides is 1. The van der Waals surface area contributed by atoms with Crippen LogP contribution in [0.5, 0.6) is 0 Å². The van der Waals surface area contributed by atoms with Crippen LogP contribution in [0.15, 0.2) is 65.7 Å². The molecule has 2 aromatic carbocycles. The summed E-state index contributed by atoms with van der Waals surface area (Å²) in [5.41, 5.74) is 3.12. The van der Waals surface area contributed by atoms with Crippen molar-refractivity contribution >= 4 is 27.5 Å². The molecule has 0 atom stereocenters. The zero-order valence-electron chi connectivity index (χ0n) is 14.9. The first-order valence-electron chi connectivity index (χ1n) is 8.42. The Balaban J connectivity index is 1.57. The molecule has 140 valence electrons. The van der Waals surface area contributed by atoms with Crippen molar-refractivity contribution in [1.82, 2.24) is 9.97 Å². The van der Waals surface area contributed by atoms with Crippen LogP contribution in [0.4, 0.5) is 17.5 Å². The Labute approximate surface area is 158 Å². The number of aromatic nitrogens is 2. The van der Waals surface area contributed by atoms with Crippen molar-refractivity contribution in [1.29, 1.82) is 0 Å². The Hall–Kier alpha value is -2.97. The molecule has 0 spiro atoms. The summed E-state index contributed by atoms with van der Waals surface area (Å²) in [5.74, 6) is 1.23. The Morgan fingerprint density at radius 3 is 2.56 bits per heavy atom. The van der Waals surface area contributed by atoms with Gasteiger partial charge in [0.05, 0.1) is 4.90 Å². The van der Waals surface area contributed by atoms with Crippen molar-refractivity contribution in [2.75, 3.05) is 17.2 Å². The van der Waals surface area contributed by atoms with Crippen molar-refractivity contribution in [3.05, 3.63) is 71.9 Å². The lowest BCUT2D eigenvalue weighted by molar-refractivity contribution is 0.598. The van der Waals surface area contributed by atoms with Crippen molar-refractivity contribution in [2.45, 2.75) is 18.2 Å². The zero-order valence-corrected chi connectivity index (χ0v) is 15.7. The molecule has 3 rings (SSSR count). The smallest absolute Gasteiger partial charge is 0.238 e. The Bertz CT molecular complexity index is 1020. The normalized spacial score (nSPS) is 11.2. The molecule has 0 aliphatic carbocycles. The van der Waals surface area contributed by atoms with Crippen LogP contribution in [0.25, 0.3) is 0 Å². The average Bonchev–Trinajstić information content (AvgIpc) is 2.62. The van der Waals surface area contributed by atoms with Crippen LogP contribution in [0.3, 0.4) is 0 Å². The fraction of sp³-hybridized carbons (Fsp3) is 0.158. The third kappa shape index (κ3) is 5.50. The summed E-state index contributed by atoms with van der Waals surface area (Å²) in [6.07, 6.45) is 2.39. The number of hydrogen-bond acceptors (Lipinski definition) is 6. The first kappa shape index (κ1) is 18.8. The van der Waals surface area contributed by atoms with E-state index in [1.165, 1.54) is 17.7 Å². The number of nitrogens with one attached hydrogen (secondary N) is 2. The summed E-state index contributed by atoms with van der Waals surface area (Å²) in [6, 6.07) is 16.4. The SMILES string of the molecule is Cc1cccc(Nc2ccnc(NCCc3ccc(S(N)(=O)=O)cc3)n2)c1. The maximum atomic E-state index is 11.3. The minimum absolute atomic E-state index is 0.109. The zero-order chi connectivity index (χ0) is 19.3. The van der Waals surface area contributed by atoms with Gasteiger partial charge in [-0.25, -0.2) is 18.5 Å². The summed E-state index contributed by atoms with van der Waals surface area (Å²) in [4.78, 5) is 8.77. The van der Waals surface area contributed by atoms with Crippen molar-refractivity contribution < 1.29 is 8.42 Å². The maximum absolute atomic E-state index is 11.3. The fourth-order valence-corrected chi connectivity index (χ4v) is 3.06. The summed E-state index contributed by atoms with van der Waals surface area (Å²) >= 11 is 0. The number of anilines is 3. The van der Waals surface area contributed by atoms with E-state index < -0.39 is 10.0 Å². The molecule has 0 saturated heterocycles. The Morgan fingerprint density at radius 1 is 1.07 bits per heavy atom. The minimum Gasteiger partial charge on any atom is -0.354 e. The predicted molar refractivity (Wildman–Crippen MR) is 107 cm³/mol. The highest BCUT2D eigenvalue weighted by atomic mass is 32.2. The Kier molecular flexibility index (Phi) is 5.68. The molecule has 0 unspecified atom stereocenters. The van der Waals surface area contributed by atoms with E-state index in [0.29, 0.717) is 24.7 Å². The van der Waals surface area contributed by atoms with Gasteiger partial charge in [-0.3, -0.25) is 0 Å². The highest BCUT2D eigenvalue weighted by molar-refractivity contribution is 7.89. The van der Waals surface area contributed by atoms with Crippen LogP contribution in [-0.4, -0.2) is 24.9 Å². The monoisotopic (exact) mass is 383 g/mol. The molecule has 0 fully saturated rings. The molecule has 0 bridgehead atoms. The molecule has 27 heavy (non-hydrogen) atoms. The molecule has 1 aromatic heterocycles. The van der Waals surface area contributed by atoms with Gasteiger partial charge in [-0.2, -0.15) is 4.98 Å². The third-order valence-corrected chi connectivity index (χ3v) is 4.82. The first-order chi connectivity index (χ1) is 12.9. The molecular formula is C19H21N5O2S. The topological polar surface area (TPSA) is 110 Å². The highest BCUT2D eigenvalue weighted by Gasteiger charge is 2.06. The molecule has 0 radical (unpaired) electrons. The third-order valence-electron chi connectivity index (χ3n) is 3.89. The number of aryl methyl sites for hydroxylation is 1. The number of nitrogens with two attached hydrogens (primary N) is 1. The van der Waals surface area contributed by atoms with E-state index in [1.807, 2.05) is 31.2 Å². The van der Waals surface area contributed by atoms with E-state index in [-0.39, 0.29) is 4.90 Å². The van der Waals surface area contributed by atoms with Gasteiger partial charge < -0.3 is 10.6 Å². The second-order valence-corrected chi connectivity index (χ2v) is 7.69. The summed E-state index contributed by atoms with van der Waals surface area (Å²) in [5, 5.41) is 11.5. The fourth-order valence-electron chi connectivity index (χ4n) is 2.55. The minimum atomic E-state index is -3.66. The highest BCUT2D eigenvalue weighted by Crippen LogP contribution is 2.16. The maximum Gasteiger partial charge on any atom is 0.238 e. The van der Waals surface area contributed by atoms with Gasteiger partial charge in [-0.1, -0.05) is 24.3 Å². The van der Waals surface area contributed by atoms with E-state index in [1.54, 1.807) is 24.4 Å². The molecule has 3 aromatic rings. The van der Waals surface area contributed by atoms with Crippen LogP contribution in [0.1, 0.15) is 11.1 Å². The Morgan fingerprint density at radius 2 is 1.85 bits per heavy atom. The predicted octanol–water partition coefficient (Wildman–Crippen LogP) is 2.83. The van der Waals surface area contributed by atoms with Gasteiger partial charge in [0.2, 0.25) is 16.0 Å². The molecule has 0 amide bonds. The molecule has 1 heterocycles. The number of benzene rings is 2. The van der Waals surface area contributed by atoms with Gasteiger partial charge >= 0.3 is 0 Å². The first-order valence-corrected chi connectivity index (χ1v) is 9.97. The molecule has 8 heteroatoms. The molecule has 0 aliphatic heterocycles. The second-order valence-electron chi connectivity index (χ2n) is 6.13. The van der Waals surface area contributed by atoms with Crippen LogP contribution < -0.4 is 15.8 Å². The van der Waals surface area contributed by atoms with Gasteiger partial charge in [0.25, 0.3) is 0 Å². The van der Waals surface area contributed by atoms with Gasteiger partial charge in [-0.05, 0) is 54.8 Å². The largest absolute Gasteiger partial charge is 0.354 e. The lowest BCUT2D eigenvalue weighted by Crippen LogP contribution is -2.12. The summed E-state index contributed by atoms with van der Waals surface area (Å²) < 4.78 is 22.5. The van der Waals surface area contributed by atoms with Crippen LogP contribution in [0, 0.1) is 6.92 Å². The van der Waals surface area contributed by atoms with Crippen LogP contribution in [-0.2, 0) is 16.4 Å². The van der Waals surface area contributed by atoms with Gasteiger partial charge in [0.1, 0.15) is 5.82 Å². The standard InChI is InChI=1S/C19H21N5O2S/c1-14-3-2-4-16(13-14)23-18-10-12-22-19(24-18)21-11-9-15-5-7-17(8-6-15)27(20,25)26/h2-8,10,12-13H,9,11H2,1H3,(H2,20,25,26)(H2,21,22,23,24). The van der Waals surface area contributed by atoms with E-state index in [9.17, 15) is 8.42 Å². The lowest BCUT2D eigenvalue weighted by atomic mass is 10.1. The number of nitrogens with zero attached hydrogens (tertiary/aromatic N) is 2. The summed E-state index contributed by atoms with van der Waals surface area (Å²) in [7, 11) is -3.66. The average molecular weight is 383 g/mol. The molecule has 4 N–H and O–H groups in total.